The maximum Gasteiger partial charge on any atom is 0.337 e. The van der Waals surface area contributed by atoms with Gasteiger partial charge in [0.2, 0.25) is 11.8 Å². The van der Waals surface area contributed by atoms with E-state index in [9.17, 15) is 19.5 Å². The molecular formula is C21H22N2O7. The first-order valence-electron chi connectivity index (χ1n) is 9.12. The molecule has 1 unspecified atom stereocenters. The van der Waals surface area contributed by atoms with Crippen LogP contribution in [0.25, 0.3) is 0 Å². The Hall–Kier alpha value is -3.75. The van der Waals surface area contributed by atoms with Crippen LogP contribution in [0.3, 0.4) is 0 Å². The van der Waals surface area contributed by atoms with Gasteiger partial charge in [-0.15, -0.1) is 0 Å². The van der Waals surface area contributed by atoms with Crippen molar-refractivity contribution in [2.75, 3.05) is 38.1 Å². The maximum atomic E-state index is 12.8. The molecule has 1 atom stereocenters. The van der Waals surface area contributed by atoms with Crippen molar-refractivity contribution in [3.63, 3.8) is 0 Å². The first-order valence-corrected chi connectivity index (χ1v) is 9.12. The minimum Gasteiger partial charge on any atom is -0.497 e. The summed E-state index contributed by atoms with van der Waals surface area (Å²) in [6.07, 6.45) is 0.0214. The summed E-state index contributed by atoms with van der Waals surface area (Å²) in [5.41, 5.74) is 0.589. The summed E-state index contributed by atoms with van der Waals surface area (Å²) >= 11 is 0. The van der Waals surface area contributed by atoms with Crippen molar-refractivity contribution in [2.24, 2.45) is 5.92 Å². The summed E-state index contributed by atoms with van der Waals surface area (Å²) < 4.78 is 15.4. The van der Waals surface area contributed by atoms with Gasteiger partial charge in [0, 0.05) is 30.8 Å². The van der Waals surface area contributed by atoms with E-state index >= 15 is 0 Å². The number of benzene rings is 2. The quantitative estimate of drug-likeness (QED) is 0.715. The van der Waals surface area contributed by atoms with E-state index in [1.165, 1.54) is 31.3 Å². The number of carbonyl (C=O) groups excluding carboxylic acids is 2. The smallest absolute Gasteiger partial charge is 0.337 e. The predicted octanol–water partition coefficient (Wildman–Crippen LogP) is 2.40. The molecule has 2 N–H and O–H groups in total. The monoisotopic (exact) mass is 414 g/mol. The minimum absolute atomic E-state index is 0.0214. The highest BCUT2D eigenvalue weighted by Crippen LogP contribution is 2.34. The molecule has 1 aliphatic rings. The number of nitrogens with one attached hydrogen (secondary N) is 1. The van der Waals surface area contributed by atoms with Gasteiger partial charge in [0.1, 0.15) is 5.75 Å². The number of hydrogen-bond donors (Lipinski definition) is 2. The van der Waals surface area contributed by atoms with E-state index in [1.54, 1.807) is 31.4 Å². The Morgan fingerprint density at radius 2 is 1.67 bits per heavy atom. The Labute approximate surface area is 173 Å². The normalized spacial score (nSPS) is 15.6. The fraction of sp³-hybridized carbons (Fsp3) is 0.286. The largest absolute Gasteiger partial charge is 0.497 e. The van der Waals surface area contributed by atoms with Crippen LogP contribution in [0.2, 0.25) is 0 Å². The fourth-order valence-corrected chi connectivity index (χ4v) is 3.29. The van der Waals surface area contributed by atoms with Crippen LogP contribution in [-0.4, -0.2) is 50.8 Å². The molecule has 1 aliphatic heterocycles. The second-order valence-corrected chi connectivity index (χ2v) is 6.65. The number of ether oxygens (including phenoxy) is 3. The number of amides is 2. The van der Waals surface area contributed by atoms with Gasteiger partial charge in [-0.1, -0.05) is 0 Å². The summed E-state index contributed by atoms with van der Waals surface area (Å²) in [5, 5.41) is 12.1. The Balaban J connectivity index is 1.79. The van der Waals surface area contributed by atoms with E-state index in [0.29, 0.717) is 11.4 Å². The lowest BCUT2D eigenvalue weighted by atomic mass is 10.1. The number of rotatable bonds is 7. The first-order chi connectivity index (χ1) is 14.4. The number of aromatic carboxylic acids is 1. The number of anilines is 2. The molecule has 0 aliphatic carbocycles. The number of nitrogens with zero attached hydrogens (tertiary/aromatic N) is 1. The molecule has 30 heavy (non-hydrogen) atoms. The van der Waals surface area contributed by atoms with Gasteiger partial charge in [-0.2, -0.15) is 0 Å². The van der Waals surface area contributed by atoms with E-state index in [1.807, 2.05) is 0 Å². The van der Waals surface area contributed by atoms with Crippen LogP contribution in [0.15, 0.2) is 36.4 Å². The van der Waals surface area contributed by atoms with Gasteiger partial charge in [-0.05, 0) is 24.3 Å². The van der Waals surface area contributed by atoms with E-state index in [0.717, 1.165) is 0 Å². The molecule has 0 saturated carbocycles. The third-order valence-corrected chi connectivity index (χ3v) is 4.89. The molecule has 1 saturated heterocycles. The molecule has 2 aromatic rings. The molecule has 9 heteroatoms. The van der Waals surface area contributed by atoms with E-state index in [4.69, 9.17) is 14.2 Å². The Morgan fingerprint density at radius 3 is 2.23 bits per heavy atom. The summed E-state index contributed by atoms with van der Waals surface area (Å²) in [6, 6.07) is 9.62. The number of hydrogen-bond acceptors (Lipinski definition) is 6. The molecule has 0 spiro atoms. The zero-order valence-corrected chi connectivity index (χ0v) is 16.8. The van der Waals surface area contributed by atoms with Gasteiger partial charge in [0.05, 0.1) is 38.5 Å². The highest BCUT2D eigenvalue weighted by atomic mass is 16.5. The van der Waals surface area contributed by atoms with Gasteiger partial charge >= 0.3 is 5.97 Å². The average molecular weight is 414 g/mol. The van der Waals surface area contributed by atoms with Crippen molar-refractivity contribution in [3.8, 4) is 17.2 Å². The summed E-state index contributed by atoms with van der Waals surface area (Å²) in [7, 11) is 4.35. The maximum absolute atomic E-state index is 12.8. The van der Waals surface area contributed by atoms with Gasteiger partial charge in [-0.3, -0.25) is 9.59 Å². The summed E-state index contributed by atoms with van der Waals surface area (Å²) in [4.78, 5) is 38.4. The zero-order valence-electron chi connectivity index (χ0n) is 16.8. The van der Waals surface area contributed by atoms with Crippen molar-refractivity contribution >= 4 is 29.2 Å². The lowest BCUT2D eigenvalue weighted by molar-refractivity contribution is -0.122. The average Bonchev–Trinajstić information content (AvgIpc) is 3.15. The van der Waals surface area contributed by atoms with Crippen molar-refractivity contribution in [1.29, 1.82) is 0 Å². The van der Waals surface area contributed by atoms with Crippen LogP contribution in [0, 0.1) is 5.92 Å². The van der Waals surface area contributed by atoms with Crippen LogP contribution in [0.1, 0.15) is 16.8 Å². The van der Waals surface area contributed by atoms with Crippen LogP contribution in [0.5, 0.6) is 17.2 Å². The van der Waals surface area contributed by atoms with E-state index < -0.39 is 17.8 Å². The van der Waals surface area contributed by atoms with E-state index in [2.05, 4.69) is 5.32 Å². The van der Waals surface area contributed by atoms with Crippen LogP contribution in [-0.2, 0) is 9.59 Å². The number of carboxylic acid groups (broad SMARTS) is 1. The summed E-state index contributed by atoms with van der Waals surface area (Å²) in [5.74, 6) is -1.33. The Kier molecular flexibility index (Phi) is 6.10. The summed E-state index contributed by atoms with van der Waals surface area (Å²) in [6.45, 7) is 0.187. The molecule has 2 amide bonds. The second kappa shape index (κ2) is 8.73. The van der Waals surface area contributed by atoms with Crippen LogP contribution in [0.4, 0.5) is 11.4 Å². The number of carboxylic acids is 1. The van der Waals surface area contributed by atoms with Crippen molar-refractivity contribution in [3.05, 3.63) is 42.0 Å². The third-order valence-electron chi connectivity index (χ3n) is 4.89. The highest BCUT2D eigenvalue weighted by Gasteiger charge is 2.35. The molecular weight excluding hydrogens is 392 g/mol. The third kappa shape index (κ3) is 4.14. The van der Waals surface area contributed by atoms with Crippen molar-refractivity contribution < 1.29 is 33.7 Å². The minimum atomic E-state index is -1.23. The Morgan fingerprint density at radius 1 is 1.03 bits per heavy atom. The van der Waals surface area contributed by atoms with Crippen LogP contribution < -0.4 is 24.4 Å². The topological polar surface area (TPSA) is 114 Å². The molecule has 2 aromatic carbocycles. The molecule has 1 heterocycles. The molecule has 9 nitrogen and oxygen atoms in total. The molecule has 158 valence electrons. The lowest BCUT2D eigenvalue weighted by Crippen LogP contribution is -2.28. The van der Waals surface area contributed by atoms with Crippen molar-refractivity contribution in [1.82, 2.24) is 0 Å². The zero-order chi connectivity index (χ0) is 21.8. The molecule has 1 fully saturated rings. The first kappa shape index (κ1) is 21.0. The van der Waals surface area contributed by atoms with Gasteiger partial charge in [0.25, 0.3) is 0 Å². The van der Waals surface area contributed by atoms with Gasteiger partial charge < -0.3 is 29.5 Å². The molecule has 0 aromatic heterocycles. The number of carbonyl (C=O) groups is 3. The second-order valence-electron chi connectivity index (χ2n) is 6.65. The Bertz CT molecular complexity index is 972. The standard InChI is InChI=1S/C21H22N2O7/c1-28-14-6-4-13(5-7-14)23-11-12(8-19(23)24)20(25)22-16-10-18(30-3)17(29-2)9-15(16)21(26)27/h4-7,9-10,12H,8,11H2,1-3H3,(H,22,25)(H,26,27). The number of methoxy groups -OCH3 is 3. The van der Waals surface area contributed by atoms with Gasteiger partial charge in [0.15, 0.2) is 11.5 Å². The molecule has 0 radical (unpaired) electrons. The SMILES string of the molecule is COc1ccc(N2CC(C(=O)Nc3cc(OC)c(OC)cc3C(=O)O)CC2=O)cc1. The molecule has 3 rings (SSSR count). The van der Waals surface area contributed by atoms with Gasteiger partial charge in [-0.25, -0.2) is 4.79 Å². The predicted molar refractivity (Wildman–Crippen MR) is 109 cm³/mol. The van der Waals surface area contributed by atoms with E-state index in [-0.39, 0.29) is 41.6 Å². The lowest BCUT2D eigenvalue weighted by Gasteiger charge is -2.18. The van der Waals surface area contributed by atoms with Crippen LogP contribution >= 0.6 is 0 Å². The fourth-order valence-electron chi connectivity index (χ4n) is 3.29. The van der Waals surface area contributed by atoms with Crippen molar-refractivity contribution in [2.45, 2.75) is 6.42 Å². The molecule has 0 bridgehead atoms. The highest BCUT2D eigenvalue weighted by molar-refractivity contribution is 6.06.